The highest BCUT2D eigenvalue weighted by atomic mass is 32.2. The summed E-state index contributed by atoms with van der Waals surface area (Å²) in [7, 11) is 0.448. The summed E-state index contributed by atoms with van der Waals surface area (Å²) in [6, 6.07) is 6.32. The quantitative estimate of drug-likeness (QED) is 0.754. The predicted octanol–water partition coefficient (Wildman–Crippen LogP) is 0.304. The van der Waals surface area contributed by atoms with Crippen molar-refractivity contribution in [3.05, 3.63) is 36.4 Å². The molecule has 2 rings (SSSR count). The standard InChI is InChI=1S/C12H14N4O4S/c1-15(2)21(18,19)10-7-5-4-6-9(10)16-8-13-11(14-16)12(17)20-3/h4-8H,1-3H3. The minimum atomic E-state index is -3.64. The molecule has 8 nitrogen and oxygen atoms in total. The highest BCUT2D eigenvalue weighted by Crippen LogP contribution is 2.21. The summed E-state index contributed by atoms with van der Waals surface area (Å²) in [6.45, 7) is 0. The van der Waals surface area contributed by atoms with Crippen molar-refractivity contribution in [2.45, 2.75) is 4.90 Å². The number of esters is 1. The van der Waals surface area contributed by atoms with Gasteiger partial charge in [0.1, 0.15) is 11.2 Å². The molecule has 1 heterocycles. The van der Waals surface area contributed by atoms with Crippen LogP contribution < -0.4 is 0 Å². The molecule has 0 atom stereocenters. The Bertz CT molecular complexity index is 767. The van der Waals surface area contributed by atoms with Gasteiger partial charge in [-0.1, -0.05) is 12.1 Å². The van der Waals surface area contributed by atoms with Crippen LogP contribution in [0.15, 0.2) is 35.5 Å². The maximum Gasteiger partial charge on any atom is 0.377 e. The Hall–Kier alpha value is -2.26. The van der Waals surface area contributed by atoms with E-state index in [0.29, 0.717) is 5.69 Å². The van der Waals surface area contributed by atoms with Crippen molar-refractivity contribution in [1.29, 1.82) is 0 Å². The van der Waals surface area contributed by atoms with Crippen molar-refractivity contribution in [1.82, 2.24) is 19.1 Å². The number of rotatable bonds is 4. The van der Waals surface area contributed by atoms with Gasteiger partial charge in [0.2, 0.25) is 10.0 Å². The third-order valence-electron chi connectivity index (χ3n) is 2.73. The number of aromatic nitrogens is 3. The molecule has 0 aliphatic rings. The smallest absolute Gasteiger partial charge is 0.377 e. The number of hydrogen-bond acceptors (Lipinski definition) is 6. The fourth-order valence-corrected chi connectivity index (χ4v) is 2.69. The zero-order valence-electron chi connectivity index (χ0n) is 11.7. The van der Waals surface area contributed by atoms with Crippen LogP contribution >= 0.6 is 0 Å². The first-order chi connectivity index (χ1) is 9.87. The normalized spacial score (nSPS) is 11.6. The van der Waals surface area contributed by atoms with E-state index >= 15 is 0 Å². The third kappa shape index (κ3) is 2.78. The molecule has 0 spiro atoms. The molecule has 9 heteroatoms. The van der Waals surface area contributed by atoms with Gasteiger partial charge in [0.05, 0.1) is 12.8 Å². The van der Waals surface area contributed by atoms with E-state index < -0.39 is 16.0 Å². The average Bonchev–Trinajstić information content (AvgIpc) is 2.96. The van der Waals surface area contributed by atoms with Crippen molar-refractivity contribution in [3.63, 3.8) is 0 Å². The molecule has 0 aliphatic heterocycles. The molecule has 0 saturated heterocycles. The number of benzene rings is 1. The van der Waals surface area contributed by atoms with Gasteiger partial charge in [0.25, 0.3) is 5.82 Å². The van der Waals surface area contributed by atoms with Crippen molar-refractivity contribution in [3.8, 4) is 5.69 Å². The zero-order chi connectivity index (χ0) is 15.6. The van der Waals surface area contributed by atoms with Gasteiger partial charge in [-0.25, -0.2) is 27.2 Å². The second kappa shape index (κ2) is 5.62. The van der Waals surface area contributed by atoms with Crippen LogP contribution in [0.25, 0.3) is 5.69 Å². The van der Waals surface area contributed by atoms with Crippen LogP contribution in [-0.2, 0) is 14.8 Å². The number of carbonyl (C=O) groups is 1. The van der Waals surface area contributed by atoms with E-state index in [0.717, 1.165) is 4.31 Å². The Balaban J connectivity index is 2.56. The zero-order valence-corrected chi connectivity index (χ0v) is 12.5. The van der Waals surface area contributed by atoms with E-state index in [1.165, 1.54) is 38.3 Å². The number of ether oxygens (including phenoxy) is 1. The first-order valence-corrected chi connectivity index (χ1v) is 7.34. The van der Waals surface area contributed by atoms with Crippen molar-refractivity contribution in [2.24, 2.45) is 0 Å². The number of nitrogens with zero attached hydrogens (tertiary/aromatic N) is 4. The number of carbonyl (C=O) groups excluding carboxylic acids is 1. The highest BCUT2D eigenvalue weighted by molar-refractivity contribution is 7.89. The van der Waals surface area contributed by atoms with Crippen LogP contribution in [0.5, 0.6) is 0 Å². The number of para-hydroxylation sites is 1. The maximum absolute atomic E-state index is 12.3. The predicted molar refractivity (Wildman–Crippen MR) is 73.6 cm³/mol. The van der Waals surface area contributed by atoms with E-state index in [1.807, 2.05) is 0 Å². The van der Waals surface area contributed by atoms with Gasteiger partial charge < -0.3 is 4.74 Å². The van der Waals surface area contributed by atoms with Gasteiger partial charge in [0.15, 0.2) is 0 Å². The molecule has 0 aliphatic carbocycles. The van der Waals surface area contributed by atoms with E-state index in [2.05, 4.69) is 14.8 Å². The minimum absolute atomic E-state index is 0.0660. The molecule has 0 fully saturated rings. The van der Waals surface area contributed by atoms with Crippen molar-refractivity contribution in [2.75, 3.05) is 21.2 Å². The molecule has 21 heavy (non-hydrogen) atoms. The van der Waals surface area contributed by atoms with E-state index in [4.69, 9.17) is 0 Å². The van der Waals surface area contributed by atoms with Gasteiger partial charge in [-0.2, -0.15) is 0 Å². The van der Waals surface area contributed by atoms with Gasteiger partial charge in [-0.05, 0) is 12.1 Å². The Morgan fingerprint density at radius 1 is 1.29 bits per heavy atom. The Morgan fingerprint density at radius 3 is 2.57 bits per heavy atom. The minimum Gasteiger partial charge on any atom is -0.463 e. The van der Waals surface area contributed by atoms with Crippen LogP contribution in [0, 0.1) is 0 Å². The molecule has 0 unspecified atom stereocenters. The largest absolute Gasteiger partial charge is 0.463 e. The number of hydrogen-bond donors (Lipinski definition) is 0. The van der Waals surface area contributed by atoms with Gasteiger partial charge in [-0.15, -0.1) is 5.10 Å². The monoisotopic (exact) mass is 310 g/mol. The summed E-state index contributed by atoms with van der Waals surface area (Å²) in [5, 5.41) is 3.93. The van der Waals surface area contributed by atoms with Crippen molar-refractivity contribution < 1.29 is 17.9 Å². The topological polar surface area (TPSA) is 94.4 Å². The molecular formula is C12H14N4O4S. The first-order valence-electron chi connectivity index (χ1n) is 5.90. The Kier molecular flexibility index (Phi) is 4.05. The van der Waals surface area contributed by atoms with E-state index in [9.17, 15) is 13.2 Å². The molecule has 0 N–H and O–H groups in total. The Morgan fingerprint density at radius 2 is 1.95 bits per heavy atom. The molecule has 1 aromatic carbocycles. The number of sulfonamides is 1. The van der Waals surface area contributed by atoms with Gasteiger partial charge in [0, 0.05) is 14.1 Å². The summed E-state index contributed by atoms with van der Waals surface area (Å²) in [5.41, 5.74) is 0.300. The summed E-state index contributed by atoms with van der Waals surface area (Å²) in [4.78, 5) is 15.2. The van der Waals surface area contributed by atoms with Crippen molar-refractivity contribution >= 4 is 16.0 Å². The lowest BCUT2D eigenvalue weighted by molar-refractivity contribution is 0.0587. The average molecular weight is 310 g/mol. The lowest BCUT2D eigenvalue weighted by Crippen LogP contribution is -2.23. The molecule has 1 aromatic heterocycles. The lowest BCUT2D eigenvalue weighted by atomic mass is 10.3. The first kappa shape index (κ1) is 15.1. The maximum atomic E-state index is 12.3. The molecular weight excluding hydrogens is 296 g/mol. The lowest BCUT2D eigenvalue weighted by Gasteiger charge is -2.14. The summed E-state index contributed by atoms with van der Waals surface area (Å²) in [6.07, 6.45) is 1.26. The Labute approximate surface area is 122 Å². The third-order valence-corrected chi connectivity index (χ3v) is 4.59. The number of methoxy groups -OCH3 is 1. The van der Waals surface area contributed by atoms with E-state index in [1.54, 1.807) is 18.2 Å². The van der Waals surface area contributed by atoms with Crippen LogP contribution in [0.2, 0.25) is 0 Å². The fourth-order valence-electron chi connectivity index (χ4n) is 1.63. The van der Waals surface area contributed by atoms with Crippen LogP contribution in [-0.4, -0.2) is 54.7 Å². The highest BCUT2D eigenvalue weighted by Gasteiger charge is 2.23. The summed E-state index contributed by atoms with van der Waals surface area (Å²) in [5.74, 6) is -0.837. The fraction of sp³-hybridized carbons (Fsp3) is 0.250. The molecule has 0 radical (unpaired) electrons. The van der Waals surface area contributed by atoms with E-state index in [-0.39, 0.29) is 10.7 Å². The van der Waals surface area contributed by atoms with Crippen LogP contribution in [0.4, 0.5) is 0 Å². The molecule has 2 aromatic rings. The van der Waals surface area contributed by atoms with Gasteiger partial charge in [-0.3, -0.25) is 0 Å². The summed E-state index contributed by atoms with van der Waals surface area (Å²) >= 11 is 0. The second-order valence-electron chi connectivity index (χ2n) is 4.26. The summed E-state index contributed by atoms with van der Waals surface area (Å²) < 4.78 is 31.4. The van der Waals surface area contributed by atoms with Crippen LogP contribution in [0.1, 0.15) is 10.6 Å². The van der Waals surface area contributed by atoms with Gasteiger partial charge >= 0.3 is 5.97 Å². The molecule has 112 valence electrons. The molecule has 0 saturated carbocycles. The van der Waals surface area contributed by atoms with Crippen LogP contribution in [0.3, 0.4) is 0 Å². The molecule has 0 amide bonds. The second-order valence-corrected chi connectivity index (χ2v) is 6.38. The molecule has 0 bridgehead atoms. The SMILES string of the molecule is COC(=O)c1ncn(-c2ccccc2S(=O)(=O)N(C)C)n1.